The summed E-state index contributed by atoms with van der Waals surface area (Å²) in [4.78, 5) is 0. The second-order valence-electron chi connectivity index (χ2n) is 7.19. The summed E-state index contributed by atoms with van der Waals surface area (Å²) in [6.45, 7) is 5.69. The predicted octanol–water partition coefficient (Wildman–Crippen LogP) is 4.14. The van der Waals surface area contributed by atoms with Crippen LogP contribution in [0.25, 0.3) is 16.8 Å². The van der Waals surface area contributed by atoms with E-state index in [9.17, 15) is 4.39 Å². The molecule has 32 heavy (non-hydrogen) atoms. The first-order chi connectivity index (χ1) is 15.6. The molecule has 7 heteroatoms. The molecule has 7 N–H and O–H groups in total. The third-order valence-corrected chi connectivity index (χ3v) is 4.81. The number of anilines is 1. The number of hydrogen-bond donors (Lipinski definition) is 5. The number of nitrogens with zero attached hydrogens (tertiary/aromatic N) is 1. The monoisotopic (exact) mass is 432 g/mol. The Balaban J connectivity index is 1.95. The van der Waals surface area contributed by atoms with Crippen molar-refractivity contribution in [3.8, 4) is 11.3 Å². The van der Waals surface area contributed by atoms with Crippen LogP contribution in [-0.2, 0) is 6.54 Å². The normalized spacial score (nSPS) is 11.9. The highest BCUT2D eigenvalue weighted by Gasteiger charge is 2.18. The number of H-pyrrole nitrogens is 1. The van der Waals surface area contributed by atoms with Gasteiger partial charge >= 0.3 is 0 Å². The number of nitrogens with one attached hydrogen (secondary N) is 3. The van der Waals surface area contributed by atoms with Crippen molar-refractivity contribution in [1.29, 1.82) is 0 Å². The first-order valence-corrected chi connectivity index (χ1v) is 10.5. The molecule has 1 heterocycles. The maximum absolute atomic E-state index is 13.5. The number of aromatic nitrogens is 2. The van der Waals surface area contributed by atoms with Crippen molar-refractivity contribution in [2.45, 2.75) is 13.0 Å². The van der Waals surface area contributed by atoms with Gasteiger partial charge in [-0.15, -0.1) is 0 Å². The number of halogens is 1. The van der Waals surface area contributed by atoms with Crippen molar-refractivity contribution >= 4 is 11.4 Å². The van der Waals surface area contributed by atoms with Gasteiger partial charge in [0.1, 0.15) is 5.82 Å². The highest BCUT2D eigenvalue weighted by molar-refractivity contribution is 5.90. The Morgan fingerprint density at radius 2 is 1.88 bits per heavy atom. The third kappa shape index (κ3) is 6.09. The summed E-state index contributed by atoms with van der Waals surface area (Å²) in [6, 6.07) is 16.3. The van der Waals surface area contributed by atoms with Crippen molar-refractivity contribution < 1.29 is 4.39 Å². The fourth-order valence-electron chi connectivity index (χ4n) is 3.23. The Bertz CT molecular complexity index is 1070. The van der Waals surface area contributed by atoms with Crippen LogP contribution in [0.1, 0.15) is 17.5 Å². The Morgan fingerprint density at radius 3 is 2.56 bits per heavy atom. The van der Waals surface area contributed by atoms with E-state index in [1.54, 1.807) is 18.2 Å². The molecule has 0 aliphatic rings. The van der Waals surface area contributed by atoms with Crippen LogP contribution in [0.4, 0.5) is 10.2 Å². The Labute approximate surface area is 187 Å². The van der Waals surface area contributed by atoms with Gasteiger partial charge in [-0.1, -0.05) is 49.1 Å². The lowest BCUT2D eigenvalue weighted by molar-refractivity contribution is 0.628. The lowest BCUT2D eigenvalue weighted by Gasteiger charge is -2.12. The van der Waals surface area contributed by atoms with Gasteiger partial charge in [0, 0.05) is 18.7 Å². The van der Waals surface area contributed by atoms with Crippen molar-refractivity contribution in [3.05, 3.63) is 102 Å². The molecule has 6 nitrogen and oxygen atoms in total. The molecule has 0 bridgehead atoms. The highest BCUT2D eigenvalue weighted by atomic mass is 19.1. The first-order valence-electron chi connectivity index (χ1n) is 10.5. The van der Waals surface area contributed by atoms with E-state index in [1.165, 1.54) is 12.1 Å². The summed E-state index contributed by atoms with van der Waals surface area (Å²) in [6.07, 6.45) is 6.20. The molecular weight excluding hydrogens is 403 g/mol. The molecule has 0 saturated heterocycles. The van der Waals surface area contributed by atoms with E-state index in [-0.39, 0.29) is 5.82 Å². The van der Waals surface area contributed by atoms with Crippen LogP contribution < -0.4 is 22.1 Å². The average Bonchev–Trinajstić information content (AvgIpc) is 3.22. The molecule has 0 fully saturated rings. The third-order valence-electron chi connectivity index (χ3n) is 4.81. The molecule has 3 aromatic rings. The Kier molecular flexibility index (Phi) is 8.22. The quantitative estimate of drug-likeness (QED) is 0.231. The van der Waals surface area contributed by atoms with E-state index < -0.39 is 0 Å². The summed E-state index contributed by atoms with van der Waals surface area (Å²) in [7, 11) is 0. The second-order valence-corrected chi connectivity index (χ2v) is 7.19. The molecule has 166 valence electrons. The molecule has 0 saturated carbocycles. The fourth-order valence-corrected chi connectivity index (χ4v) is 3.23. The van der Waals surface area contributed by atoms with Crippen LogP contribution in [0.5, 0.6) is 0 Å². The summed E-state index contributed by atoms with van der Waals surface area (Å²) in [5, 5.41) is 14.1. The fraction of sp³-hybridized carbons (Fsp3) is 0.160. The molecule has 0 atom stereocenters. The van der Waals surface area contributed by atoms with E-state index in [2.05, 4.69) is 27.4 Å². The predicted molar refractivity (Wildman–Crippen MR) is 130 cm³/mol. The summed E-state index contributed by atoms with van der Waals surface area (Å²) in [5.41, 5.74) is 16.2. The van der Waals surface area contributed by atoms with E-state index >= 15 is 0 Å². The van der Waals surface area contributed by atoms with Crippen LogP contribution in [-0.4, -0.2) is 23.3 Å². The molecule has 0 radical (unpaired) electrons. The van der Waals surface area contributed by atoms with Gasteiger partial charge in [0.25, 0.3) is 0 Å². The average molecular weight is 433 g/mol. The zero-order valence-corrected chi connectivity index (χ0v) is 17.9. The van der Waals surface area contributed by atoms with Gasteiger partial charge in [0.15, 0.2) is 5.82 Å². The van der Waals surface area contributed by atoms with E-state index in [0.29, 0.717) is 31.3 Å². The molecule has 0 amide bonds. The first kappa shape index (κ1) is 22.8. The molecule has 3 rings (SSSR count). The Morgan fingerprint density at radius 1 is 1.12 bits per heavy atom. The van der Waals surface area contributed by atoms with Crippen molar-refractivity contribution in [1.82, 2.24) is 15.5 Å². The van der Waals surface area contributed by atoms with Crippen molar-refractivity contribution in [3.63, 3.8) is 0 Å². The number of nitrogens with two attached hydrogens (primary N) is 2. The standard InChI is InChI=1S/C25H29FN6/c1-2-7-20(16-22(28)30-17-18-8-4-3-5-9-18)23-24(19-10-12-21(26)13-11-19)31-32-25(23)29-15-6-14-27/h2-5,7-13,16,30H,1,6,14-15,17,27-28H2,(H2,29,31,32)/b20-7+,22-16+. The SMILES string of the molecule is C=C/C=C(\C=C(/N)NCc1ccccc1)c1c(NCCCN)n[nH]c1-c1ccc(F)cc1. The minimum absolute atomic E-state index is 0.299. The van der Waals surface area contributed by atoms with Crippen LogP contribution in [0.2, 0.25) is 0 Å². The lowest BCUT2D eigenvalue weighted by Crippen LogP contribution is -2.19. The molecule has 0 spiro atoms. The number of allylic oxidation sites excluding steroid dienone is 4. The topological polar surface area (TPSA) is 105 Å². The van der Waals surface area contributed by atoms with Gasteiger partial charge in [-0.05, 0) is 54.4 Å². The van der Waals surface area contributed by atoms with Gasteiger partial charge in [0.2, 0.25) is 0 Å². The second kappa shape index (κ2) is 11.5. The van der Waals surface area contributed by atoms with Gasteiger partial charge in [-0.2, -0.15) is 5.10 Å². The highest BCUT2D eigenvalue weighted by Crippen LogP contribution is 2.34. The van der Waals surface area contributed by atoms with E-state index in [1.807, 2.05) is 42.5 Å². The minimum Gasteiger partial charge on any atom is -0.386 e. The minimum atomic E-state index is -0.299. The van der Waals surface area contributed by atoms with E-state index in [4.69, 9.17) is 11.5 Å². The number of hydrogen-bond acceptors (Lipinski definition) is 5. The number of rotatable bonds is 11. The molecule has 0 aliphatic heterocycles. The molecule has 0 aliphatic carbocycles. The summed E-state index contributed by atoms with van der Waals surface area (Å²) >= 11 is 0. The maximum Gasteiger partial charge on any atom is 0.156 e. The summed E-state index contributed by atoms with van der Waals surface area (Å²) in [5.74, 6) is 0.867. The molecule has 1 aromatic heterocycles. The van der Waals surface area contributed by atoms with Crippen LogP contribution in [0, 0.1) is 5.82 Å². The lowest BCUT2D eigenvalue weighted by atomic mass is 9.99. The van der Waals surface area contributed by atoms with Gasteiger partial charge in [-0.3, -0.25) is 5.10 Å². The van der Waals surface area contributed by atoms with Crippen LogP contribution >= 0.6 is 0 Å². The van der Waals surface area contributed by atoms with Gasteiger partial charge in [0.05, 0.1) is 17.1 Å². The zero-order valence-electron chi connectivity index (χ0n) is 17.9. The summed E-state index contributed by atoms with van der Waals surface area (Å²) < 4.78 is 13.5. The number of aromatic amines is 1. The zero-order chi connectivity index (χ0) is 22.8. The Hall–Kier alpha value is -3.84. The van der Waals surface area contributed by atoms with Gasteiger partial charge in [-0.25, -0.2) is 4.39 Å². The molecule has 2 aromatic carbocycles. The van der Waals surface area contributed by atoms with Crippen LogP contribution in [0.15, 0.2) is 85.2 Å². The molecule has 0 unspecified atom stereocenters. The smallest absolute Gasteiger partial charge is 0.156 e. The van der Waals surface area contributed by atoms with Gasteiger partial charge < -0.3 is 22.1 Å². The number of benzene rings is 2. The largest absolute Gasteiger partial charge is 0.386 e. The van der Waals surface area contributed by atoms with E-state index in [0.717, 1.165) is 34.4 Å². The maximum atomic E-state index is 13.5. The van der Waals surface area contributed by atoms with Crippen molar-refractivity contribution in [2.24, 2.45) is 11.5 Å². The van der Waals surface area contributed by atoms with Crippen LogP contribution in [0.3, 0.4) is 0 Å². The van der Waals surface area contributed by atoms with Crippen molar-refractivity contribution in [2.75, 3.05) is 18.4 Å². The molecular formula is C25H29FN6.